The van der Waals surface area contributed by atoms with E-state index in [2.05, 4.69) is 19.1 Å². The molecule has 0 radical (unpaired) electrons. The predicted molar refractivity (Wildman–Crippen MR) is 161 cm³/mol. The summed E-state index contributed by atoms with van der Waals surface area (Å²) in [5.41, 5.74) is 0. The molecule has 0 fully saturated rings. The summed E-state index contributed by atoms with van der Waals surface area (Å²) in [7, 11) is 0. The van der Waals surface area contributed by atoms with Gasteiger partial charge in [0.15, 0.2) is 12.1 Å². The molecule has 0 saturated heterocycles. The van der Waals surface area contributed by atoms with Crippen molar-refractivity contribution in [2.45, 2.75) is 174 Å². The molecule has 0 aliphatic rings. The van der Waals surface area contributed by atoms with Gasteiger partial charge in [0, 0.05) is 0 Å². The molecule has 3 unspecified atom stereocenters. The van der Waals surface area contributed by atoms with Crippen molar-refractivity contribution in [1.29, 1.82) is 0 Å². The van der Waals surface area contributed by atoms with Crippen LogP contribution in [-0.4, -0.2) is 57.3 Å². The van der Waals surface area contributed by atoms with Crippen molar-refractivity contribution < 1.29 is 34.2 Å². The summed E-state index contributed by atoms with van der Waals surface area (Å²) < 4.78 is -0.539. The first-order valence-electron chi connectivity index (χ1n) is 16.3. The maximum Gasteiger partial charge on any atom is 0.362 e. The largest absolute Gasteiger partial charge is 0.544 e. The fraction of sp³-hybridized carbons (Fsp3) is 0.848. The summed E-state index contributed by atoms with van der Waals surface area (Å²) in [6, 6.07) is -3.56. The Labute approximate surface area is 245 Å². The molecular formula is C33H61NO6. The summed E-state index contributed by atoms with van der Waals surface area (Å²) in [5.74, 6) is -3.81. The van der Waals surface area contributed by atoms with Gasteiger partial charge in [0.2, 0.25) is 0 Å². The lowest BCUT2D eigenvalue weighted by molar-refractivity contribution is -0.969. The van der Waals surface area contributed by atoms with Crippen LogP contribution in [0.15, 0.2) is 12.2 Å². The maximum atomic E-state index is 11.8. The Morgan fingerprint density at radius 3 is 1.23 bits per heavy atom. The van der Waals surface area contributed by atoms with Crippen LogP contribution in [0.2, 0.25) is 0 Å². The van der Waals surface area contributed by atoms with Gasteiger partial charge in [-0.2, -0.15) is 0 Å². The number of allylic oxidation sites excluding steroid dienone is 2. The average Bonchev–Trinajstić information content (AvgIpc) is 2.92. The Hall–Kier alpha value is -1.89. The van der Waals surface area contributed by atoms with Crippen LogP contribution in [0.25, 0.3) is 0 Å². The van der Waals surface area contributed by atoms with E-state index in [0.717, 1.165) is 25.7 Å². The maximum absolute atomic E-state index is 11.8. The molecule has 0 bridgehead atoms. The third kappa shape index (κ3) is 15.8. The molecule has 0 aromatic heterocycles. The summed E-state index contributed by atoms with van der Waals surface area (Å²) in [4.78, 5) is 35.3. The number of nitrogens with zero attached hydrogens (tertiary/aromatic N) is 1. The summed E-state index contributed by atoms with van der Waals surface area (Å²) >= 11 is 0. The van der Waals surface area contributed by atoms with E-state index in [4.69, 9.17) is 0 Å². The van der Waals surface area contributed by atoms with Gasteiger partial charge in [-0.25, -0.2) is 9.59 Å². The van der Waals surface area contributed by atoms with Gasteiger partial charge in [-0.1, -0.05) is 109 Å². The molecule has 0 aromatic carbocycles. The highest BCUT2D eigenvalue weighted by atomic mass is 16.4. The van der Waals surface area contributed by atoms with Gasteiger partial charge in [-0.3, -0.25) is 4.48 Å². The number of carboxylic acids is 3. The van der Waals surface area contributed by atoms with Crippen LogP contribution in [0.1, 0.15) is 156 Å². The van der Waals surface area contributed by atoms with Gasteiger partial charge >= 0.3 is 11.9 Å². The van der Waals surface area contributed by atoms with Crippen LogP contribution in [-0.2, 0) is 14.4 Å². The average molecular weight is 568 g/mol. The molecule has 0 spiro atoms. The number of carbonyl (C=O) groups is 3. The van der Waals surface area contributed by atoms with Gasteiger partial charge in [0.25, 0.3) is 0 Å². The number of unbranched alkanes of at least 4 members (excludes halogenated alkanes) is 18. The molecule has 0 saturated carbocycles. The van der Waals surface area contributed by atoms with Crippen LogP contribution in [0.3, 0.4) is 0 Å². The normalized spacial score (nSPS) is 15.5. The van der Waals surface area contributed by atoms with E-state index in [-0.39, 0.29) is 6.54 Å². The van der Waals surface area contributed by atoms with Crippen LogP contribution in [0.4, 0.5) is 0 Å². The van der Waals surface area contributed by atoms with E-state index < -0.39 is 40.5 Å². The lowest BCUT2D eigenvalue weighted by atomic mass is 9.99. The molecule has 234 valence electrons. The molecule has 7 heteroatoms. The summed E-state index contributed by atoms with van der Waals surface area (Å²) in [6.07, 6.45) is 29.0. The third-order valence-electron chi connectivity index (χ3n) is 8.78. The fourth-order valence-corrected chi connectivity index (χ4v) is 5.89. The zero-order valence-electron chi connectivity index (χ0n) is 26.2. The Bertz CT molecular complexity index is 657. The van der Waals surface area contributed by atoms with E-state index in [1.165, 1.54) is 117 Å². The smallest absolute Gasteiger partial charge is 0.362 e. The molecule has 7 nitrogen and oxygen atoms in total. The molecule has 3 atom stereocenters. The van der Waals surface area contributed by atoms with E-state index in [0.29, 0.717) is 6.42 Å². The zero-order valence-corrected chi connectivity index (χ0v) is 26.2. The number of quaternary nitrogens is 1. The first-order valence-corrected chi connectivity index (χ1v) is 16.3. The minimum Gasteiger partial charge on any atom is -0.544 e. The topological polar surface area (TPSA) is 115 Å². The lowest BCUT2D eigenvalue weighted by Crippen LogP contribution is -2.72. The number of aliphatic carboxylic acids is 3. The van der Waals surface area contributed by atoms with Crippen LogP contribution < -0.4 is 5.11 Å². The second kappa shape index (κ2) is 23.8. The highest BCUT2D eigenvalue weighted by Crippen LogP contribution is 2.27. The molecule has 0 rings (SSSR count). The van der Waals surface area contributed by atoms with Crippen molar-refractivity contribution in [3.8, 4) is 0 Å². The fourth-order valence-electron chi connectivity index (χ4n) is 5.89. The molecule has 0 aromatic rings. The Balaban J connectivity index is 3.98. The SMILES string of the molecule is CCCCCCC/C=C/CCCCCCCCCCCCCCC[N+](C(C)C(=O)[O-])(C(C)C(=O)O)C(C)C(=O)O. The molecule has 0 aliphatic heterocycles. The van der Waals surface area contributed by atoms with E-state index in [9.17, 15) is 29.7 Å². The van der Waals surface area contributed by atoms with Gasteiger partial charge in [-0.05, 0) is 59.3 Å². The first-order chi connectivity index (χ1) is 19.1. The van der Waals surface area contributed by atoms with Gasteiger partial charge < -0.3 is 20.1 Å². The molecule has 0 heterocycles. The van der Waals surface area contributed by atoms with Crippen molar-refractivity contribution in [2.75, 3.05) is 6.54 Å². The number of rotatable bonds is 28. The standard InChI is InChI=1S/C33H61NO6/c1-5-6-7-8-9-10-11-12-13-14-15-16-17-18-19-20-21-22-23-24-25-26-27-34(28(2)31(35)36,29(3)32(37)38)30(4)33(39)40/h11-12,28-30H,5-10,13-27H2,1-4H3,(H2-,35,36,37,38,39,40)/b12-11+. The van der Waals surface area contributed by atoms with Gasteiger partial charge in [-0.15, -0.1) is 0 Å². The highest BCUT2D eigenvalue weighted by molar-refractivity contribution is 5.76. The number of hydrogen-bond donors (Lipinski definition) is 2. The zero-order chi connectivity index (χ0) is 30.2. The lowest BCUT2D eigenvalue weighted by Gasteiger charge is -2.49. The van der Waals surface area contributed by atoms with Crippen molar-refractivity contribution in [1.82, 2.24) is 0 Å². The Morgan fingerprint density at radius 2 is 0.900 bits per heavy atom. The molecule has 0 aliphatic carbocycles. The Morgan fingerprint density at radius 1 is 0.575 bits per heavy atom. The molecule has 40 heavy (non-hydrogen) atoms. The van der Waals surface area contributed by atoms with Gasteiger partial charge in [0.1, 0.15) is 6.04 Å². The molecular weight excluding hydrogens is 506 g/mol. The monoisotopic (exact) mass is 567 g/mol. The van der Waals surface area contributed by atoms with Crippen molar-refractivity contribution in [2.24, 2.45) is 0 Å². The van der Waals surface area contributed by atoms with Crippen molar-refractivity contribution in [3.05, 3.63) is 12.2 Å². The minimum atomic E-state index is -1.42. The Kier molecular flexibility index (Phi) is 22.7. The predicted octanol–water partition coefficient (Wildman–Crippen LogP) is 7.27. The van der Waals surface area contributed by atoms with Gasteiger partial charge in [0.05, 0.1) is 12.5 Å². The van der Waals surface area contributed by atoms with E-state index in [1.54, 1.807) is 0 Å². The number of carboxylic acid groups (broad SMARTS) is 3. The van der Waals surface area contributed by atoms with Crippen molar-refractivity contribution in [3.63, 3.8) is 0 Å². The van der Waals surface area contributed by atoms with Crippen LogP contribution in [0, 0.1) is 0 Å². The minimum absolute atomic E-state index is 0.186. The molecule has 2 N–H and O–H groups in total. The first kappa shape index (κ1) is 38.1. The highest BCUT2D eigenvalue weighted by Gasteiger charge is 2.50. The number of hydrogen-bond acceptors (Lipinski definition) is 4. The summed E-state index contributed by atoms with van der Waals surface area (Å²) in [5, 5.41) is 31.0. The van der Waals surface area contributed by atoms with Crippen LogP contribution in [0.5, 0.6) is 0 Å². The van der Waals surface area contributed by atoms with Crippen molar-refractivity contribution >= 4 is 17.9 Å². The third-order valence-corrected chi connectivity index (χ3v) is 8.78. The quantitative estimate of drug-likeness (QED) is 0.0584. The number of carbonyl (C=O) groups excluding carboxylic acids is 1. The molecule has 0 amide bonds. The van der Waals surface area contributed by atoms with E-state index >= 15 is 0 Å². The second-order valence-corrected chi connectivity index (χ2v) is 11.8. The van der Waals surface area contributed by atoms with Crippen LogP contribution >= 0.6 is 0 Å². The van der Waals surface area contributed by atoms with E-state index in [1.807, 2.05) is 0 Å². The second-order valence-electron chi connectivity index (χ2n) is 11.8. The summed E-state index contributed by atoms with van der Waals surface area (Å²) in [6.45, 7) is 6.61.